The van der Waals surface area contributed by atoms with Crippen LogP contribution < -0.4 is 16.6 Å². The first kappa shape index (κ1) is 20.6. The Morgan fingerprint density at radius 1 is 1.10 bits per heavy atom. The van der Waals surface area contributed by atoms with E-state index in [9.17, 15) is 14.9 Å². The SMILES string of the molecule is CCC(C)c1ccc(C(Nc2c(C#N)c(=O)n(C)c(=O)n2C)c2cccs2)cc1. The van der Waals surface area contributed by atoms with Gasteiger partial charge in [-0.2, -0.15) is 5.26 Å². The summed E-state index contributed by atoms with van der Waals surface area (Å²) in [5.41, 5.74) is 1.10. The molecular formula is C22H24N4O2S. The second-order valence-electron chi connectivity index (χ2n) is 7.11. The second-order valence-corrected chi connectivity index (χ2v) is 8.09. The first-order valence-electron chi connectivity index (χ1n) is 9.48. The average molecular weight is 409 g/mol. The van der Waals surface area contributed by atoms with E-state index < -0.39 is 11.2 Å². The van der Waals surface area contributed by atoms with Crippen molar-refractivity contribution >= 4 is 17.2 Å². The molecule has 1 N–H and O–H groups in total. The summed E-state index contributed by atoms with van der Waals surface area (Å²) in [5.74, 6) is 0.699. The van der Waals surface area contributed by atoms with E-state index >= 15 is 0 Å². The van der Waals surface area contributed by atoms with E-state index in [1.807, 2.05) is 23.6 Å². The highest BCUT2D eigenvalue weighted by Gasteiger charge is 2.22. The van der Waals surface area contributed by atoms with Gasteiger partial charge in [-0.25, -0.2) is 4.79 Å². The summed E-state index contributed by atoms with van der Waals surface area (Å²) in [6.45, 7) is 4.35. The standard InChI is InChI=1S/C22H24N4O2S/c1-5-14(2)15-8-10-16(11-9-15)19(18-7-6-12-29-18)24-20-17(13-23)21(27)26(4)22(28)25(20)3/h6-12,14,19,24H,5H2,1-4H3. The zero-order valence-corrected chi connectivity index (χ0v) is 17.8. The van der Waals surface area contributed by atoms with Gasteiger partial charge in [0.25, 0.3) is 5.56 Å². The van der Waals surface area contributed by atoms with Gasteiger partial charge in [0.05, 0.1) is 6.04 Å². The van der Waals surface area contributed by atoms with Gasteiger partial charge in [-0.1, -0.05) is 44.2 Å². The monoisotopic (exact) mass is 408 g/mol. The normalized spacial score (nSPS) is 12.9. The van der Waals surface area contributed by atoms with E-state index in [-0.39, 0.29) is 17.4 Å². The predicted octanol–water partition coefficient (Wildman–Crippen LogP) is 3.73. The van der Waals surface area contributed by atoms with Crippen molar-refractivity contribution in [2.24, 2.45) is 14.1 Å². The van der Waals surface area contributed by atoms with Crippen molar-refractivity contribution < 1.29 is 0 Å². The topological polar surface area (TPSA) is 79.8 Å². The Kier molecular flexibility index (Phi) is 6.04. The molecule has 3 aromatic rings. The van der Waals surface area contributed by atoms with Crippen molar-refractivity contribution in [2.45, 2.75) is 32.2 Å². The van der Waals surface area contributed by atoms with Crippen LogP contribution in [0.5, 0.6) is 0 Å². The minimum Gasteiger partial charge on any atom is -0.358 e. The zero-order valence-electron chi connectivity index (χ0n) is 17.0. The van der Waals surface area contributed by atoms with Crippen LogP contribution in [-0.4, -0.2) is 9.13 Å². The van der Waals surface area contributed by atoms with Gasteiger partial charge < -0.3 is 5.32 Å². The maximum Gasteiger partial charge on any atom is 0.332 e. The van der Waals surface area contributed by atoms with Crippen molar-refractivity contribution in [3.8, 4) is 6.07 Å². The van der Waals surface area contributed by atoms with Crippen molar-refractivity contribution in [1.29, 1.82) is 5.26 Å². The number of nitrogens with one attached hydrogen (secondary N) is 1. The molecule has 0 amide bonds. The largest absolute Gasteiger partial charge is 0.358 e. The smallest absolute Gasteiger partial charge is 0.332 e. The number of thiophene rings is 1. The molecule has 150 valence electrons. The molecule has 0 radical (unpaired) electrons. The van der Waals surface area contributed by atoms with Crippen molar-refractivity contribution in [1.82, 2.24) is 9.13 Å². The molecule has 6 nitrogen and oxygen atoms in total. The molecule has 0 spiro atoms. The third-order valence-electron chi connectivity index (χ3n) is 5.34. The Morgan fingerprint density at radius 3 is 2.31 bits per heavy atom. The Morgan fingerprint density at radius 2 is 1.76 bits per heavy atom. The average Bonchev–Trinajstić information content (AvgIpc) is 3.28. The van der Waals surface area contributed by atoms with Gasteiger partial charge in [-0.15, -0.1) is 11.3 Å². The second kappa shape index (κ2) is 8.50. The quantitative estimate of drug-likeness (QED) is 0.674. The Balaban J connectivity index is 2.11. The summed E-state index contributed by atoms with van der Waals surface area (Å²) < 4.78 is 2.26. The molecule has 1 aromatic carbocycles. The lowest BCUT2D eigenvalue weighted by molar-refractivity contribution is 0.681. The fraction of sp³-hybridized carbons (Fsp3) is 0.318. The van der Waals surface area contributed by atoms with Crippen LogP contribution in [0, 0.1) is 11.3 Å². The molecule has 3 rings (SSSR count). The lowest BCUT2D eigenvalue weighted by Crippen LogP contribution is -2.40. The van der Waals surface area contributed by atoms with Crippen LogP contribution in [0.25, 0.3) is 0 Å². The first-order valence-corrected chi connectivity index (χ1v) is 10.4. The number of aromatic nitrogens is 2. The van der Waals surface area contributed by atoms with Crippen molar-refractivity contribution in [2.75, 3.05) is 5.32 Å². The van der Waals surface area contributed by atoms with Gasteiger partial charge in [0.2, 0.25) is 0 Å². The minimum atomic E-state index is -0.602. The number of hydrogen-bond acceptors (Lipinski definition) is 5. The van der Waals surface area contributed by atoms with Crippen LogP contribution in [0.2, 0.25) is 0 Å². The van der Waals surface area contributed by atoms with E-state index in [0.29, 0.717) is 5.92 Å². The molecule has 0 aliphatic rings. The van der Waals surface area contributed by atoms with E-state index in [4.69, 9.17) is 0 Å². The van der Waals surface area contributed by atoms with E-state index in [1.165, 1.54) is 17.2 Å². The number of nitrogens with zero attached hydrogens (tertiary/aromatic N) is 3. The molecule has 0 bridgehead atoms. The zero-order chi connectivity index (χ0) is 21.1. The third kappa shape index (κ3) is 3.89. The summed E-state index contributed by atoms with van der Waals surface area (Å²) >= 11 is 1.57. The van der Waals surface area contributed by atoms with Gasteiger partial charge in [0.1, 0.15) is 11.9 Å². The number of hydrogen-bond donors (Lipinski definition) is 1. The van der Waals surface area contributed by atoms with Gasteiger partial charge in [0.15, 0.2) is 5.56 Å². The molecule has 7 heteroatoms. The molecule has 2 aromatic heterocycles. The van der Waals surface area contributed by atoms with Gasteiger partial charge in [0, 0.05) is 19.0 Å². The summed E-state index contributed by atoms with van der Waals surface area (Å²) in [6.07, 6.45) is 1.06. The predicted molar refractivity (Wildman–Crippen MR) is 117 cm³/mol. The summed E-state index contributed by atoms with van der Waals surface area (Å²) in [7, 11) is 2.93. The fourth-order valence-electron chi connectivity index (χ4n) is 3.28. The van der Waals surface area contributed by atoms with Crippen LogP contribution in [-0.2, 0) is 14.1 Å². The molecule has 2 heterocycles. The lowest BCUT2D eigenvalue weighted by Gasteiger charge is -2.22. The van der Waals surface area contributed by atoms with Crippen LogP contribution in [0.4, 0.5) is 5.82 Å². The van der Waals surface area contributed by atoms with Crippen LogP contribution >= 0.6 is 11.3 Å². The van der Waals surface area contributed by atoms with E-state index in [2.05, 4.69) is 43.4 Å². The lowest BCUT2D eigenvalue weighted by atomic mass is 9.95. The molecule has 0 aliphatic carbocycles. The molecule has 0 saturated carbocycles. The summed E-state index contributed by atoms with van der Waals surface area (Å²) in [4.78, 5) is 25.9. The molecular weight excluding hydrogens is 384 g/mol. The fourth-order valence-corrected chi connectivity index (χ4v) is 4.08. The van der Waals surface area contributed by atoms with Crippen molar-refractivity contribution in [3.63, 3.8) is 0 Å². The first-order chi connectivity index (χ1) is 13.9. The Bertz CT molecular complexity index is 1150. The number of rotatable bonds is 6. The number of anilines is 1. The number of benzene rings is 1. The molecule has 0 aliphatic heterocycles. The van der Waals surface area contributed by atoms with E-state index in [1.54, 1.807) is 18.4 Å². The summed E-state index contributed by atoms with van der Waals surface area (Å²) in [6, 6.07) is 14.0. The molecule has 2 unspecified atom stereocenters. The molecule has 0 saturated heterocycles. The van der Waals surface area contributed by atoms with Crippen LogP contribution in [0.1, 0.15) is 53.8 Å². The molecule has 29 heavy (non-hydrogen) atoms. The van der Waals surface area contributed by atoms with E-state index in [0.717, 1.165) is 21.4 Å². The highest BCUT2D eigenvalue weighted by Crippen LogP contribution is 2.31. The highest BCUT2D eigenvalue weighted by atomic mass is 32.1. The van der Waals surface area contributed by atoms with Gasteiger partial charge in [-0.05, 0) is 34.9 Å². The van der Waals surface area contributed by atoms with Gasteiger partial charge in [-0.3, -0.25) is 13.9 Å². The Labute approximate surface area is 173 Å². The summed E-state index contributed by atoms with van der Waals surface area (Å²) in [5, 5.41) is 14.8. The van der Waals surface area contributed by atoms with Crippen LogP contribution in [0.3, 0.4) is 0 Å². The maximum absolute atomic E-state index is 12.4. The Hall–Kier alpha value is -3.11. The van der Waals surface area contributed by atoms with Crippen molar-refractivity contribution in [3.05, 3.63) is 84.2 Å². The molecule has 2 atom stereocenters. The maximum atomic E-state index is 12.4. The highest BCUT2D eigenvalue weighted by molar-refractivity contribution is 7.10. The third-order valence-corrected chi connectivity index (χ3v) is 6.27. The number of nitriles is 1. The molecule has 0 fully saturated rings. The van der Waals surface area contributed by atoms with Gasteiger partial charge >= 0.3 is 5.69 Å². The van der Waals surface area contributed by atoms with Crippen LogP contribution in [0.15, 0.2) is 51.4 Å². The minimum absolute atomic E-state index is 0.0765.